The number of piperidine rings is 1. The third-order valence-corrected chi connectivity index (χ3v) is 6.06. The van der Waals surface area contributed by atoms with Gasteiger partial charge in [0, 0.05) is 56.9 Å². The van der Waals surface area contributed by atoms with Gasteiger partial charge in [-0.2, -0.15) is 5.10 Å². The highest BCUT2D eigenvalue weighted by Gasteiger charge is 2.32. The normalized spacial score (nSPS) is 18.8. The van der Waals surface area contributed by atoms with Crippen LogP contribution in [0.2, 0.25) is 0 Å². The fourth-order valence-electron chi connectivity index (χ4n) is 4.41. The van der Waals surface area contributed by atoms with E-state index in [1.807, 2.05) is 17.8 Å². The average Bonchev–Trinajstić information content (AvgIpc) is 3.46. The van der Waals surface area contributed by atoms with Crippen LogP contribution in [0.5, 0.6) is 0 Å². The van der Waals surface area contributed by atoms with E-state index in [0.29, 0.717) is 11.6 Å². The molecule has 28 heavy (non-hydrogen) atoms. The maximum absolute atomic E-state index is 12.9. The Labute approximate surface area is 167 Å². The molecule has 2 aliphatic rings. The van der Waals surface area contributed by atoms with Gasteiger partial charge in [-0.05, 0) is 49.8 Å². The van der Waals surface area contributed by atoms with Gasteiger partial charge in [0.15, 0.2) is 5.69 Å². The van der Waals surface area contributed by atoms with Crippen LogP contribution in [-0.4, -0.2) is 59.4 Å². The lowest BCUT2D eigenvalue weighted by molar-refractivity contribution is 0.0905. The molecule has 1 aromatic heterocycles. The van der Waals surface area contributed by atoms with Crippen LogP contribution in [0.4, 0.5) is 5.69 Å². The lowest BCUT2D eigenvalue weighted by atomic mass is 10.0. The van der Waals surface area contributed by atoms with Crippen LogP contribution in [-0.2, 0) is 7.05 Å². The van der Waals surface area contributed by atoms with Crippen molar-refractivity contribution in [3.8, 4) is 0 Å². The third-order valence-electron chi connectivity index (χ3n) is 6.06. The standard InChI is InChI=1S/C22H33N5O/c1-15(2)14-25(3)18-7-8-19-20(13-18)26(4)24-21(19)22(28)23-16-9-11-27(12-10-16)17-5-6-17/h7-8,13,15-17H,5-6,9-12,14H2,1-4H3,(H,23,28). The Bertz CT molecular complexity index is 846. The highest BCUT2D eigenvalue weighted by Crippen LogP contribution is 2.29. The van der Waals surface area contributed by atoms with Crippen molar-refractivity contribution in [1.82, 2.24) is 20.0 Å². The second-order valence-corrected chi connectivity index (χ2v) is 8.96. The third kappa shape index (κ3) is 4.02. The van der Waals surface area contributed by atoms with Gasteiger partial charge in [0.1, 0.15) is 0 Å². The molecule has 0 bridgehead atoms. The maximum atomic E-state index is 12.9. The van der Waals surface area contributed by atoms with Crippen molar-refractivity contribution in [2.75, 3.05) is 31.6 Å². The molecule has 4 rings (SSSR count). The number of hydrogen-bond donors (Lipinski definition) is 1. The molecule has 6 nitrogen and oxygen atoms in total. The molecule has 2 fully saturated rings. The second-order valence-electron chi connectivity index (χ2n) is 8.96. The molecule has 1 aromatic carbocycles. The van der Waals surface area contributed by atoms with Crippen molar-refractivity contribution in [2.45, 2.75) is 51.6 Å². The Morgan fingerprint density at radius 2 is 1.96 bits per heavy atom. The minimum absolute atomic E-state index is 0.0428. The lowest BCUT2D eigenvalue weighted by Gasteiger charge is -2.32. The van der Waals surface area contributed by atoms with Gasteiger partial charge in [-0.15, -0.1) is 0 Å². The van der Waals surface area contributed by atoms with E-state index in [2.05, 4.69) is 53.2 Å². The molecule has 152 valence electrons. The zero-order valence-corrected chi connectivity index (χ0v) is 17.6. The average molecular weight is 384 g/mol. The summed E-state index contributed by atoms with van der Waals surface area (Å²) in [5.74, 6) is 0.554. The number of benzene rings is 1. The number of carbonyl (C=O) groups is 1. The van der Waals surface area contributed by atoms with Crippen LogP contribution in [0.1, 0.15) is 50.0 Å². The number of likely N-dealkylation sites (tertiary alicyclic amines) is 1. The van der Waals surface area contributed by atoms with Crippen molar-refractivity contribution < 1.29 is 4.79 Å². The van der Waals surface area contributed by atoms with E-state index in [9.17, 15) is 4.79 Å². The zero-order chi connectivity index (χ0) is 19.8. The molecule has 1 aliphatic heterocycles. The van der Waals surface area contributed by atoms with E-state index < -0.39 is 0 Å². The van der Waals surface area contributed by atoms with Crippen LogP contribution in [0, 0.1) is 5.92 Å². The number of aryl methyl sites for hydroxylation is 1. The molecule has 6 heteroatoms. The molecule has 1 N–H and O–H groups in total. The summed E-state index contributed by atoms with van der Waals surface area (Å²) >= 11 is 0. The first-order valence-corrected chi connectivity index (χ1v) is 10.6. The van der Waals surface area contributed by atoms with E-state index in [0.717, 1.165) is 55.1 Å². The lowest BCUT2D eigenvalue weighted by Crippen LogP contribution is -2.45. The zero-order valence-electron chi connectivity index (χ0n) is 17.6. The molecule has 1 aliphatic carbocycles. The number of fused-ring (bicyclic) bond motifs is 1. The first kappa shape index (κ1) is 19.2. The molecule has 0 radical (unpaired) electrons. The Balaban J connectivity index is 1.46. The van der Waals surface area contributed by atoms with Gasteiger partial charge < -0.3 is 15.1 Å². The molecule has 0 atom stereocenters. The molecule has 1 saturated heterocycles. The number of nitrogens with one attached hydrogen (secondary N) is 1. The summed E-state index contributed by atoms with van der Waals surface area (Å²) in [6, 6.07) is 7.35. The number of nitrogens with zero attached hydrogens (tertiary/aromatic N) is 4. The molecule has 0 spiro atoms. The van der Waals surface area contributed by atoms with Crippen LogP contribution >= 0.6 is 0 Å². The smallest absolute Gasteiger partial charge is 0.272 e. The van der Waals surface area contributed by atoms with E-state index in [-0.39, 0.29) is 11.9 Å². The Kier molecular flexibility index (Phi) is 5.32. The first-order valence-electron chi connectivity index (χ1n) is 10.6. The molecule has 1 amide bonds. The number of rotatable bonds is 6. The summed E-state index contributed by atoms with van der Waals surface area (Å²) in [5.41, 5.74) is 2.70. The Morgan fingerprint density at radius 3 is 2.61 bits per heavy atom. The summed E-state index contributed by atoms with van der Waals surface area (Å²) in [6.07, 6.45) is 4.78. The quantitative estimate of drug-likeness (QED) is 0.833. The number of amides is 1. The molecule has 1 saturated carbocycles. The van der Waals surface area contributed by atoms with Crippen LogP contribution in [0.25, 0.3) is 10.9 Å². The highest BCUT2D eigenvalue weighted by molar-refractivity contribution is 6.05. The predicted octanol–water partition coefficient (Wildman–Crippen LogP) is 3.02. The van der Waals surface area contributed by atoms with Crippen molar-refractivity contribution in [2.24, 2.45) is 13.0 Å². The largest absolute Gasteiger partial charge is 0.374 e. The van der Waals surface area contributed by atoms with E-state index in [1.165, 1.54) is 12.8 Å². The minimum atomic E-state index is -0.0428. The van der Waals surface area contributed by atoms with Crippen LogP contribution in [0.3, 0.4) is 0 Å². The van der Waals surface area contributed by atoms with Crippen molar-refractivity contribution in [3.63, 3.8) is 0 Å². The Morgan fingerprint density at radius 1 is 1.25 bits per heavy atom. The number of anilines is 1. The van der Waals surface area contributed by atoms with Gasteiger partial charge in [-0.1, -0.05) is 13.8 Å². The monoisotopic (exact) mass is 383 g/mol. The van der Waals surface area contributed by atoms with Gasteiger partial charge >= 0.3 is 0 Å². The van der Waals surface area contributed by atoms with E-state index >= 15 is 0 Å². The molecule has 2 aromatic rings. The Hall–Kier alpha value is -2.08. The topological polar surface area (TPSA) is 53.4 Å². The van der Waals surface area contributed by atoms with Crippen molar-refractivity contribution >= 4 is 22.5 Å². The van der Waals surface area contributed by atoms with Gasteiger partial charge in [0.05, 0.1) is 5.52 Å². The molecular weight excluding hydrogens is 350 g/mol. The van der Waals surface area contributed by atoms with Crippen molar-refractivity contribution in [1.29, 1.82) is 0 Å². The number of hydrogen-bond acceptors (Lipinski definition) is 4. The summed E-state index contributed by atoms with van der Waals surface area (Å²) in [6.45, 7) is 7.64. The number of aromatic nitrogens is 2. The highest BCUT2D eigenvalue weighted by atomic mass is 16.2. The van der Waals surface area contributed by atoms with E-state index in [1.54, 1.807) is 0 Å². The number of carbonyl (C=O) groups excluding carboxylic acids is 1. The maximum Gasteiger partial charge on any atom is 0.272 e. The summed E-state index contributed by atoms with van der Waals surface area (Å²) in [4.78, 5) is 17.8. The molecular formula is C22H33N5O. The van der Waals surface area contributed by atoms with Crippen LogP contribution in [0.15, 0.2) is 18.2 Å². The summed E-state index contributed by atoms with van der Waals surface area (Å²) < 4.78 is 1.83. The fraction of sp³-hybridized carbons (Fsp3) is 0.636. The van der Waals surface area contributed by atoms with E-state index in [4.69, 9.17) is 0 Å². The SMILES string of the molecule is CC(C)CN(C)c1ccc2c(C(=O)NC3CCN(C4CC4)CC3)nn(C)c2c1. The minimum Gasteiger partial charge on any atom is -0.374 e. The summed E-state index contributed by atoms with van der Waals surface area (Å²) in [5, 5.41) is 8.71. The molecule has 2 heterocycles. The van der Waals surface area contributed by atoms with Gasteiger partial charge in [0.2, 0.25) is 0 Å². The van der Waals surface area contributed by atoms with Gasteiger partial charge in [0.25, 0.3) is 5.91 Å². The fourth-order valence-corrected chi connectivity index (χ4v) is 4.41. The summed E-state index contributed by atoms with van der Waals surface area (Å²) in [7, 11) is 4.03. The van der Waals surface area contributed by atoms with Gasteiger partial charge in [-0.25, -0.2) is 0 Å². The van der Waals surface area contributed by atoms with Crippen LogP contribution < -0.4 is 10.2 Å². The predicted molar refractivity (Wildman–Crippen MR) is 114 cm³/mol. The van der Waals surface area contributed by atoms with Crippen molar-refractivity contribution in [3.05, 3.63) is 23.9 Å². The molecule has 0 unspecified atom stereocenters. The van der Waals surface area contributed by atoms with Gasteiger partial charge in [-0.3, -0.25) is 9.48 Å². The first-order chi connectivity index (χ1) is 13.4. The second kappa shape index (κ2) is 7.74.